The van der Waals surface area contributed by atoms with Gasteiger partial charge in [0.2, 0.25) is 0 Å². The summed E-state index contributed by atoms with van der Waals surface area (Å²) in [6.07, 6.45) is 0. The Morgan fingerprint density at radius 3 is 1.64 bits per heavy atom. The van der Waals surface area contributed by atoms with Gasteiger partial charge in [0.15, 0.2) is 0 Å². The molecule has 1 saturated heterocycles. The summed E-state index contributed by atoms with van der Waals surface area (Å²) in [7, 11) is 3.21. The predicted octanol–water partition coefficient (Wildman–Crippen LogP) is 0.506. The van der Waals surface area contributed by atoms with Crippen LogP contribution in [0.25, 0.3) is 0 Å². The third kappa shape index (κ3) is 6.37. The summed E-state index contributed by atoms with van der Waals surface area (Å²) in [5, 5.41) is 0. The molecular formula is C5H14B2O4. The van der Waals surface area contributed by atoms with Crippen LogP contribution in [0.4, 0.5) is 0 Å². The zero-order valence-electron chi connectivity index (χ0n) is 7.49. The van der Waals surface area contributed by atoms with Crippen LogP contribution in [0.1, 0.15) is 0 Å². The lowest BCUT2D eigenvalue weighted by Crippen LogP contribution is -2.31. The van der Waals surface area contributed by atoms with Gasteiger partial charge in [-0.15, -0.1) is 0 Å². The second-order valence-corrected chi connectivity index (χ2v) is 2.06. The Morgan fingerprint density at radius 1 is 1.27 bits per heavy atom. The lowest BCUT2D eigenvalue weighted by atomic mass is 9.94. The van der Waals surface area contributed by atoms with Gasteiger partial charge >= 0.3 is 14.2 Å². The minimum Gasteiger partial charge on any atom is -0.414 e. The Kier molecular flexibility index (Phi) is 6.65. The van der Waals surface area contributed by atoms with Crippen LogP contribution < -0.4 is 0 Å². The van der Waals surface area contributed by atoms with E-state index < -0.39 is 0 Å². The minimum absolute atomic E-state index is 0.0648. The molecule has 0 amide bonds. The molecule has 1 aliphatic heterocycles. The molecule has 1 fully saturated rings. The average molecular weight is 160 g/mol. The van der Waals surface area contributed by atoms with Gasteiger partial charge in [-0.3, -0.25) is 0 Å². The van der Waals surface area contributed by atoms with E-state index in [2.05, 4.69) is 9.31 Å². The molecular weight excluding hydrogens is 146 g/mol. The van der Waals surface area contributed by atoms with Crippen LogP contribution in [0.5, 0.6) is 0 Å². The van der Waals surface area contributed by atoms with E-state index in [0.717, 1.165) is 0 Å². The molecule has 64 valence electrons. The second kappa shape index (κ2) is 6.67. The maximum Gasteiger partial charge on any atom is 0.456 e. The molecule has 0 aliphatic carbocycles. The standard InChI is InChI=1S/C3H9BO2.C2H5BO2/c1-4(5-2)6-3;1-3-4-2-5-3/h1-3H3;2H2,1H3. The van der Waals surface area contributed by atoms with Gasteiger partial charge in [-0.25, -0.2) is 0 Å². The maximum absolute atomic E-state index is 4.71. The molecule has 0 aromatic rings. The number of hydrogen-bond donors (Lipinski definition) is 0. The fourth-order valence-electron chi connectivity index (χ4n) is 0.300. The molecule has 0 aromatic heterocycles. The monoisotopic (exact) mass is 160 g/mol. The molecule has 1 aliphatic rings. The Hall–Kier alpha value is -0.0301. The lowest BCUT2D eigenvalue weighted by Gasteiger charge is -2.18. The van der Waals surface area contributed by atoms with E-state index in [-0.39, 0.29) is 14.2 Å². The van der Waals surface area contributed by atoms with Gasteiger partial charge in [0.25, 0.3) is 0 Å². The van der Waals surface area contributed by atoms with Gasteiger partial charge in [0.1, 0.15) is 6.79 Å². The summed E-state index contributed by atoms with van der Waals surface area (Å²) in [6, 6.07) is 0. The van der Waals surface area contributed by atoms with E-state index >= 15 is 0 Å². The van der Waals surface area contributed by atoms with Crippen molar-refractivity contribution in [1.29, 1.82) is 0 Å². The third-order valence-electron chi connectivity index (χ3n) is 1.27. The number of rotatable bonds is 2. The van der Waals surface area contributed by atoms with Crippen LogP contribution in [-0.2, 0) is 18.6 Å². The summed E-state index contributed by atoms with van der Waals surface area (Å²) in [5.41, 5.74) is 0. The quantitative estimate of drug-likeness (QED) is 0.551. The first kappa shape index (κ1) is 11.0. The lowest BCUT2D eigenvalue weighted by molar-refractivity contribution is -0.00865. The van der Waals surface area contributed by atoms with E-state index in [9.17, 15) is 0 Å². The molecule has 0 saturated carbocycles. The summed E-state index contributed by atoms with van der Waals surface area (Å²) in [5.74, 6) is 0. The van der Waals surface area contributed by atoms with Gasteiger partial charge in [0.05, 0.1) is 0 Å². The smallest absolute Gasteiger partial charge is 0.414 e. The fourth-order valence-corrected chi connectivity index (χ4v) is 0.300. The number of hydrogen-bond acceptors (Lipinski definition) is 4. The molecule has 1 rings (SSSR count). The van der Waals surface area contributed by atoms with E-state index in [4.69, 9.17) is 9.31 Å². The van der Waals surface area contributed by atoms with E-state index in [0.29, 0.717) is 6.79 Å². The van der Waals surface area contributed by atoms with Crippen molar-refractivity contribution in [3.05, 3.63) is 0 Å². The van der Waals surface area contributed by atoms with Crippen molar-refractivity contribution in [3.63, 3.8) is 0 Å². The van der Waals surface area contributed by atoms with Gasteiger partial charge in [-0.1, -0.05) is 0 Å². The zero-order chi connectivity index (χ0) is 8.69. The highest BCUT2D eigenvalue weighted by atomic mass is 16.8. The largest absolute Gasteiger partial charge is 0.456 e. The molecule has 0 N–H and O–H groups in total. The van der Waals surface area contributed by atoms with Crippen molar-refractivity contribution < 1.29 is 18.6 Å². The molecule has 6 heteroatoms. The van der Waals surface area contributed by atoms with Gasteiger partial charge in [0, 0.05) is 14.2 Å². The summed E-state index contributed by atoms with van der Waals surface area (Å²) >= 11 is 0. The molecule has 1 heterocycles. The van der Waals surface area contributed by atoms with E-state index in [1.54, 1.807) is 14.2 Å². The van der Waals surface area contributed by atoms with Crippen LogP contribution in [0.15, 0.2) is 0 Å². The van der Waals surface area contributed by atoms with Crippen molar-refractivity contribution in [1.82, 2.24) is 0 Å². The molecule has 0 bridgehead atoms. The second-order valence-electron chi connectivity index (χ2n) is 2.06. The Morgan fingerprint density at radius 2 is 1.64 bits per heavy atom. The van der Waals surface area contributed by atoms with Gasteiger partial charge in [-0.2, -0.15) is 0 Å². The maximum atomic E-state index is 4.71. The zero-order valence-corrected chi connectivity index (χ0v) is 7.49. The first-order chi connectivity index (χ1) is 5.20. The van der Waals surface area contributed by atoms with Crippen LogP contribution in [0, 0.1) is 0 Å². The Balaban J connectivity index is 0.000000183. The summed E-state index contributed by atoms with van der Waals surface area (Å²) in [4.78, 5) is 0. The molecule has 0 unspecified atom stereocenters. The summed E-state index contributed by atoms with van der Waals surface area (Å²) in [6.45, 7) is 4.19. The van der Waals surface area contributed by atoms with Crippen LogP contribution in [-0.4, -0.2) is 35.2 Å². The predicted molar refractivity (Wildman–Crippen MR) is 44.3 cm³/mol. The normalized spacial score (nSPS) is 14.7. The van der Waals surface area contributed by atoms with Crippen LogP contribution in [0.2, 0.25) is 13.6 Å². The van der Waals surface area contributed by atoms with E-state index in [1.165, 1.54) is 0 Å². The first-order valence-corrected chi connectivity index (χ1v) is 3.49. The molecule has 0 atom stereocenters. The first-order valence-electron chi connectivity index (χ1n) is 3.49. The summed E-state index contributed by atoms with van der Waals surface area (Å²) < 4.78 is 18.8. The topological polar surface area (TPSA) is 36.9 Å². The van der Waals surface area contributed by atoms with Gasteiger partial charge in [-0.05, 0) is 13.6 Å². The Labute approximate surface area is 68.4 Å². The van der Waals surface area contributed by atoms with Crippen molar-refractivity contribution >= 4 is 14.2 Å². The molecule has 11 heavy (non-hydrogen) atoms. The van der Waals surface area contributed by atoms with Crippen LogP contribution in [0.3, 0.4) is 0 Å². The van der Waals surface area contributed by atoms with Crippen LogP contribution >= 0.6 is 0 Å². The minimum atomic E-state index is -0.0648. The highest BCUT2D eigenvalue weighted by molar-refractivity contribution is 6.44. The van der Waals surface area contributed by atoms with E-state index in [1.807, 2.05) is 13.6 Å². The van der Waals surface area contributed by atoms with Gasteiger partial charge < -0.3 is 18.6 Å². The van der Waals surface area contributed by atoms with Crippen molar-refractivity contribution in [2.24, 2.45) is 0 Å². The van der Waals surface area contributed by atoms with Crippen molar-refractivity contribution in [2.45, 2.75) is 13.6 Å². The molecule has 0 radical (unpaired) electrons. The molecule has 0 aromatic carbocycles. The Bertz CT molecular complexity index is 84.6. The molecule has 0 spiro atoms. The average Bonchev–Trinajstić information content (AvgIpc) is 2.00. The SMILES string of the molecule is CB1OCO1.COB(C)OC. The molecule has 4 nitrogen and oxygen atoms in total. The third-order valence-corrected chi connectivity index (χ3v) is 1.27. The highest BCUT2D eigenvalue weighted by Crippen LogP contribution is 1.97. The van der Waals surface area contributed by atoms with Crippen molar-refractivity contribution in [3.8, 4) is 0 Å². The highest BCUT2D eigenvalue weighted by Gasteiger charge is 2.17. The van der Waals surface area contributed by atoms with Crippen molar-refractivity contribution in [2.75, 3.05) is 21.0 Å². The fraction of sp³-hybridized carbons (Fsp3) is 1.00.